The minimum atomic E-state index is -0.473. The van der Waals surface area contributed by atoms with Crippen molar-refractivity contribution >= 4 is 16.9 Å². The van der Waals surface area contributed by atoms with Gasteiger partial charge >= 0.3 is 0 Å². The lowest BCUT2D eigenvalue weighted by Crippen LogP contribution is -2.23. The predicted octanol–water partition coefficient (Wildman–Crippen LogP) is 4.06. The van der Waals surface area contributed by atoms with Crippen molar-refractivity contribution in [3.8, 4) is 0 Å². The number of nitrogens with zero attached hydrogens (tertiary/aromatic N) is 2. The van der Waals surface area contributed by atoms with Crippen LogP contribution in [0, 0.1) is 12.7 Å². The van der Waals surface area contributed by atoms with Crippen LogP contribution in [-0.2, 0) is 13.1 Å². The molecule has 0 atom stereocenters. The van der Waals surface area contributed by atoms with Crippen LogP contribution in [0.2, 0.25) is 0 Å². The molecule has 5 nitrogen and oxygen atoms in total. The summed E-state index contributed by atoms with van der Waals surface area (Å²) in [4.78, 5) is 12.6. The van der Waals surface area contributed by atoms with Crippen LogP contribution in [0.3, 0.4) is 0 Å². The molecule has 0 spiro atoms. The highest BCUT2D eigenvalue weighted by molar-refractivity contribution is 5.98. The standard InChI is InChI=1S/C21H18FN3O2/c1-14-17-8-4-9-18(22)20(17)27-19(14)21(26)23-12-15-6-2-3-7-16(15)13-25-11-5-10-24-25/h2-11H,12-13H2,1H3,(H,23,26). The fourth-order valence-electron chi connectivity index (χ4n) is 3.13. The summed E-state index contributed by atoms with van der Waals surface area (Å²) in [7, 11) is 0. The molecule has 0 bridgehead atoms. The number of carbonyl (C=O) groups excluding carboxylic acids is 1. The Hall–Kier alpha value is -3.41. The molecule has 27 heavy (non-hydrogen) atoms. The van der Waals surface area contributed by atoms with Crippen molar-refractivity contribution in [1.82, 2.24) is 15.1 Å². The molecular weight excluding hydrogens is 345 g/mol. The Bertz CT molecular complexity index is 1100. The summed E-state index contributed by atoms with van der Waals surface area (Å²) in [5.41, 5.74) is 2.79. The number of halogens is 1. The predicted molar refractivity (Wildman–Crippen MR) is 99.9 cm³/mol. The van der Waals surface area contributed by atoms with Crippen molar-refractivity contribution in [1.29, 1.82) is 0 Å². The number of hydrogen-bond acceptors (Lipinski definition) is 3. The second-order valence-electron chi connectivity index (χ2n) is 6.33. The van der Waals surface area contributed by atoms with Gasteiger partial charge in [0.25, 0.3) is 5.91 Å². The first-order chi connectivity index (χ1) is 13.1. The summed E-state index contributed by atoms with van der Waals surface area (Å²) >= 11 is 0. The second-order valence-corrected chi connectivity index (χ2v) is 6.33. The van der Waals surface area contributed by atoms with E-state index in [-0.39, 0.29) is 17.3 Å². The number of rotatable bonds is 5. The van der Waals surface area contributed by atoms with Crippen LogP contribution in [0.15, 0.2) is 65.3 Å². The molecule has 136 valence electrons. The number of benzene rings is 2. The molecule has 0 aliphatic heterocycles. The van der Waals surface area contributed by atoms with E-state index in [1.54, 1.807) is 25.3 Å². The van der Waals surface area contributed by atoms with Crippen LogP contribution in [0.25, 0.3) is 11.0 Å². The molecule has 6 heteroatoms. The fourth-order valence-corrected chi connectivity index (χ4v) is 3.13. The Labute approximate surface area is 155 Å². The maximum atomic E-state index is 13.9. The third-order valence-corrected chi connectivity index (χ3v) is 4.57. The highest BCUT2D eigenvalue weighted by Crippen LogP contribution is 2.27. The molecule has 0 saturated carbocycles. The number of amides is 1. The van der Waals surface area contributed by atoms with E-state index in [0.717, 1.165) is 11.1 Å². The average Bonchev–Trinajstić information content (AvgIpc) is 3.30. The van der Waals surface area contributed by atoms with E-state index in [9.17, 15) is 9.18 Å². The quantitative estimate of drug-likeness (QED) is 0.582. The number of aryl methyl sites for hydroxylation is 1. The summed E-state index contributed by atoms with van der Waals surface area (Å²) in [6, 6.07) is 14.4. The number of carbonyl (C=O) groups is 1. The summed E-state index contributed by atoms with van der Waals surface area (Å²) in [5, 5.41) is 7.70. The number of aromatic nitrogens is 2. The van der Waals surface area contributed by atoms with E-state index >= 15 is 0 Å². The highest BCUT2D eigenvalue weighted by atomic mass is 19.1. The minimum absolute atomic E-state index is 0.110. The first-order valence-electron chi connectivity index (χ1n) is 8.63. The summed E-state index contributed by atoms with van der Waals surface area (Å²) in [6.45, 7) is 2.72. The number of para-hydroxylation sites is 1. The SMILES string of the molecule is Cc1c(C(=O)NCc2ccccc2Cn2cccn2)oc2c(F)cccc12. The van der Waals surface area contributed by atoms with Gasteiger partial charge in [-0.15, -0.1) is 0 Å². The monoisotopic (exact) mass is 363 g/mol. The van der Waals surface area contributed by atoms with Crippen LogP contribution >= 0.6 is 0 Å². The lowest BCUT2D eigenvalue weighted by molar-refractivity contribution is 0.0924. The van der Waals surface area contributed by atoms with Crippen molar-refractivity contribution in [2.75, 3.05) is 0 Å². The van der Waals surface area contributed by atoms with Crippen molar-refractivity contribution < 1.29 is 13.6 Å². The number of hydrogen-bond donors (Lipinski definition) is 1. The van der Waals surface area contributed by atoms with Gasteiger partial charge in [-0.2, -0.15) is 5.10 Å². The van der Waals surface area contributed by atoms with Crippen molar-refractivity contribution in [3.05, 3.63) is 89.2 Å². The third kappa shape index (κ3) is 3.33. The van der Waals surface area contributed by atoms with Gasteiger partial charge in [-0.1, -0.05) is 36.4 Å². The normalized spacial score (nSPS) is 11.0. The highest BCUT2D eigenvalue weighted by Gasteiger charge is 2.19. The molecule has 1 N–H and O–H groups in total. The van der Waals surface area contributed by atoms with Crippen LogP contribution in [0.5, 0.6) is 0 Å². The van der Waals surface area contributed by atoms with Crippen LogP contribution in [0.4, 0.5) is 4.39 Å². The van der Waals surface area contributed by atoms with E-state index in [1.165, 1.54) is 6.07 Å². The van der Waals surface area contributed by atoms with Crippen molar-refractivity contribution in [2.24, 2.45) is 0 Å². The average molecular weight is 363 g/mol. The van der Waals surface area contributed by atoms with Gasteiger partial charge in [0, 0.05) is 29.9 Å². The molecule has 0 saturated heterocycles. The number of nitrogens with one attached hydrogen (secondary N) is 1. The Morgan fingerprint density at radius 2 is 1.96 bits per heavy atom. The van der Waals surface area contributed by atoms with Crippen LogP contribution in [0.1, 0.15) is 27.2 Å². The van der Waals surface area contributed by atoms with E-state index in [4.69, 9.17) is 4.42 Å². The number of furan rings is 1. The Morgan fingerprint density at radius 1 is 1.15 bits per heavy atom. The molecule has 0 radical (unpaired) electrons. The van der Waals surface area contributed by atoms with Crippen LogP contribution < -0.4 is 5.32 Å². The van der Waals surface area contributed by atoms with Gasteiger partial charge in [0.15, 0.2) is 17.2 Å². The molecule has 0 aliphatic rings. The smallest absolute Gasteiger partial charge is 0.287 e. The molecule has 1 amide bonds. The molecule has 0 fully saturated rings. The Kier molecular flexibility index (Phi) is 4.46. The lowest BCUT2D eigenvalue weighted by atomic mass is 10.1. The summed E-state index contributed by atoms with van der Waals surface area (Å²) < 4.78 is 21.2. The van der Waals surface area contributed by atoms with Crippen LogP contribution in [-0.4, -0.2) is 15.7 Å². The zero-order chi connectivity index (χ0) is 18.8. The lowest BCUT2D eigenvalue weighted by Gasteiger charge is -2.10. The zero-order valence-electron chi connectivity index (χ0n) is 14.8. The molecule has 2 heterocycles. The van der Waals surface area contributed by atoms with E-state index in [1.807, 2.05) is 41.2 Å². The van der Waals surface area contributed by atoms with Gasteiger partial charge in [0.05, 0.1) is 6.54 Å². The third-order valence-electron chi connectivity index (χ3n) is 4.57. The van der Waals surface area contributed by atoms with E-state index in [2.05, 4.69) is 10.4 Å². The molecule has 0 aliphatic carbocycles. The van der Waals surface area contributed by atoms with Gasteiger partial charge in [0.1, 0.15) is 0 Å². The van der Waals surface area contributed by atoms with Gasteiger partial charge in [-0.25, -0.2) is 4.39 Å². The van der Waals surface area contributed by atoms with E-state index in [0.29, 0.717) is 24.0 Å². The second kappa shape index (κ2) is 7.07. The van der Waals surface area contributed by atoms with Gasteiger partial charge in [-0.3, -0.25) is 9.48 Å². The Balaban J connectivity index is 1.54. The maximum Gasteiger partial charge on any atom is 0.287 e. The van der Waals surface area contributed by atoms with E-state index < -0.39 is 5.82 Å². The molecule has 4 aromatic rings. The summed E-state index contributed by atoms with van der Waals surface area (Å²) in [6.07, 6.45) is 3.62. The topological polar surface area (TPSA) is 60.1 Å². The largest absolute Gasteiger partial charge is 0.448 e. The molecule has 2 aromatic carbocycles. The van der Waals surface area contributed by atoms with Crippen molar-refractivity contribution in [3.63, 3.8) is 0 Å². The van der Waals surface area contributed by atoms with Gasteiger partial charge < -0.3 is 9.73 Å². The first-order valence-corrected chi connectivity index (χ1v) is 8.63. The Morgan fingerprint density at radius 3 is 2.70 bits per heavy atom. The molecule has 4 rings (SSSR count). The molecule has 2 aromatic heterocycles. The fraction of sp³-hybridized carbons (Fsp3) is 0.143. The molecular formula is C21H18FN3O2. The first kappa shape index (κ1) is 17.0. The molecule has 0 unspecified atom stereocenters. The van der Waals surface area contributed by atoms with Crippen molar-refractivity contribution in [2.45, 2.75) is 20.0 Å². The number of fused-ring (bicyclic) bond motifs is 1. The maximum absolute atomic E-state index is 13.9. The van der Waals surface area contributed by atoms with Gasteiger partial charge in [0.2, 0.25) is 0 Å². The van der Waals surface area contributed by atoms with Gasteiger partial charge in [-0.05, 0) is 30.2 Å². The summed E-state index contributed by atoms with van der Waals surface area (Å²) in [5.74, 6) is -0.698. The zero-order valence-corrected chi connectivity index (χ0v) is 14.8. The minimum Gasteiger partial charge on any atom is -0.448 e.